The first-order valence-electron chi connectivity index (χ1n) is 7.01. The van der Waals surface area contributed by atoms with Crippen LogP contribution in [0.4, 0.5) is 5.13 Å². The number of amides is 1. The van der Waals surface area contributed by atoms with E-state index in [2.05, 4.69) is 15.2 Å². The first-order chi connectivity index (χ1) is 9.69. The molecule has 0 unspecified atom stereocenters. The van der Waals surface area contributed by atoms with Gasteiger partial charge in [-0.2, -0.15) is 0 Å². The van der Waals surface area contributed by atoms with Gasteiger partial charge in [-0.15, -0.1) is 0 Å². The molecular weight excluding hydrogens is 276 g/mol. The third-order valence-electron chi connectivity index (χ3n) is 3.55. The summed E-state index contributed by atoms with van der Waals surface area (Å²) in [5.41, 5.74) is 5.50. The monoisotopic (exact) mass is 298 g/mol. The molecule has 2 rings (SSSR count). The molecule has 1 amide bonds. The average Bonchev–Trinajstić information content (AvgIpc) is 2.90. The van der Waals surface area contributed by atoms with E-state index in [-0.39, 0.29) is 12.5 Å². The Morgan fingerprint density at radius 1 is 1.65 bits per heavy atom. The van der Waals surface area contributed by atoms with Crippen LogP contribution in [0.25, 0.3) is 0 Å². The van der Waals surface area contributed by atoms with Gasteiger partial charge in [0.1, 0.15) is 4.88 Å². The molecule has 0 spiro atoms. The minimum atomic E-state index is -0.105. The van der Waals surface area contributed by atoms with E-state index in [1.807, 2.05) is 0 Å². The lowest BCUT2D eigenvalue weighted by atomic mass is 9.99. The molecule has 0 aromatic carbocycles. The maximum absolute atomic E-state index is 11.8. The molecule has 7 heteroatoms. The van der Waals surface area contributed by atoms with E-state index < -0.39 is 0 Å². The van der Waals surface area contributed by atoms with Gasteiger partial charge in [-0.1, -0.05) is 11.3 Å². The summed E-state index contributed by atoms with van der Waals surface area (Å²) in [6.07, 6.45) is 4.69. The third-order valence-corrected chi connectivity index (χ3v) is 4.37. The highest BCUT2D eigenvalue weighted by Gasteiger charge is 2.18. The summed E-state index contributed by atoms with van der Waals surface area (Å²) in [5, 5.41) is 12.5. The fraction of sp³-hybridized carbons (Fsp3) is 0.692. The summed E-state index contributed by atoms with van der Waals surface area (Å²) in [7, 11) is 0. The van der Waals surface area contributed by atoms with Crippen molar-refractivity contribution in [3.63, 3.8) is 0 Å². The molecule has 2 heterocycles. The number of nitrogen functional groups attached to an aromatic ring is 1. The van der Waals surface area contributed by atoms with Gasteiger partial charge in [0.25, 0.3) is 5.91 Å². The number of hydrogen-bond acceptors (Lipinski definition) is 6. The molecule has 0 bridgehead atoms. The average molecular weight is 298 g/mol. The first kappa shape index (κ1) is 15.2. The molecule has 0 aliphatic carbocycles. The molecule has 1 aromatic heterocycles. The number of carbonyl (C=O) groups is 1. The lowest BCUT2D eigenvalue weighted by molar-refractivity contribution is 0.0950. The Hall–Kier alpha value is -1.18. The lowest BCUT2D eigenvalue weighted by Crippen LogP contribution is -2.38. The Morgan fingerprint density at radius 3 is 3.20 bits per heavy atom. The summed E-state index contributed by atoms with van der Waals surface area (Å²) in [6.45, 7) is 3.95. The van der Waals surface area contributed by atoms with Crippen LogP contribution in [0.3, 0.4) is 0 Å². The molecule has 1 aliphatic rings. The number of aliphatic hydroxyl groups is 1. The molecular formula is C13H22N4O2S. The molecule has 1 aromatic rings. The van der Waals surface area contributed by atoms with Crippen molar-refractivity contribution < 1.29 is 9.90 Å². The van der Waals surface area contributed by atoms with Gasteiger partial charge in [0, 0.05) is 19.7 Å². The number of hydrogen-bond donors (Lipinski definition) is 3. The number of carbonyl (C=O) groups excluding carboxylic acids is 1. The number of nitrogens with one attached hydrogen (secondary N) is 1. The first-order valence-corrected chi connectivity index (χ1v) is 7.83. The van der Waals surface area contributed by atoms with Crippen LogP contribution in [0.2, 0.25) is 0 Å². The van der Waals surface area contributed by atoms with Crippen molar-refractivity contribution in [2.24, 2.45) is 5.92 Å². The number of thiazole rings is 1. The van der Waals surface area contributed by atoms with Crippen LogP contribution in [0, 0.1) is 5.92 Å². The van der Waals surface area contributed by atoms with Gasteiger partial charge in [0.15, 0.2) is 5.13 Å². The minimum absolute atomic E-state index is 0.105. The van der Waals surface area contributed by atoms with Crippen molar-refractivity contribution in [3.8, 4) is 0 Å². The highest BCUT2D eigenvalue weighted by Crippen LogP contribution is 2.16. The summed E-state index contributed by atoms with van der Waals surface area (Å²) >= 11 is 1.20. The highest BCUT2D eigenvalue weighted by atomic mass is 32.1. The van der Waals surface area contributed by atoms with E-state index >= 15 is 0 Å². The second-order valence-corrected chi connectivity index (χ2v) is 6.23. The fourth-order valence-corrected chi connectivity index (χ4v) is 3.09. The van der Waals surface area contributed by atoms with Gasteiger partial charge >= 0.3 is 0 Å². The van der Waals surface area contributed by atoms with Crippen LogP contribution in [0.5, 0.6) is 0 Å². The lowest BCUT2D eigenvalue weighted by Gasteiger charge is -2.31. The van der Waals surface area contributed by atoms with Crippen LogP contribution in [0.15, 0.2) is 6.20 Å². The maximum atomic E-state index is 11.8. The van der Waals surface area contributed by atoms with Gasteiger partial charge in [0.2, 0.25) is 0 Å². The van der Waals surface area contributed by atoms with E-state index in [0.717, 1.165) is 38.9 Å². The molecule has 4 N–H and O–H groups in total. The smallest absolute Gasteiger partial charge is 0.263 e. The summed E-state index contributed by atoms with van der Waals surface area (Å²) in [6, 6.07) is 0. The van der Waals surface area contributed by atoms with E-state index in [0.29, 0.717) is 22.5 Å². The molecule has 6 nitrogen and oxygen atoms in total. The van der Waals surface area contributed by atoms with Gasteiger partial charge in [0.05, 0.1) is 6.20 Å². The topological polar surface area (TPSA) is 91.5 Å². The summed E-state index contributed by atoms with van der Waals surface area (Å²) < 4.78 is 0. The number of anilines is 1. The van der Waals surface area contributed by atoms with Crippen LogP contribution in [-0.4, -0.2) is 53.7 Å². The van der Waals surface area contributed by atoms with Crippen molar-refractivity contribution in [1.82, 2.24) is 15.2 Å². The van der Waals surface area contributed by atoms with Gasteiger partial charge < -0.3 is 21.1 Å². The van der Waals surface area contributed by atoms with E-state index in [1.165, 1.54) is 17.5 Å². The fourth-order valence-electron chi connectivity index (χ4n) is 2.49. The maximum Gasteiger partial charge on any atom is 0.263 e. The second-order valence-electron chi connectivity index (χ2n) is 5.16. The second kappa shape index (κ2) is 7.56. The van der Waals surface area contributed by atoms with E-state index in [1.54, 1.807) is 0 Å². The summed E-state index contributed by atoms with van der Waals surface area (Å²) in [4.78, 5) is 18.5. The zero-order valence-corrected chi connectivity index (χ0v) is 12.4. The van der Waals surface area contributed by atoms with Gasteiger partial charge in [-0.25, -0.2) is 4.98 Å². The van der Waals surface area contributed by atoms with Crippen molar-refractivity contribution in [1.29, 1.82) is 0 Å². The van der Waals surface area contributed by atoms with Crippen LogP contribution in [-0.2, 0) is 0 Å². The summed E-state index contributed by atoms with van der Waals surface area (Å²) in [5.74, 6) is 0.310. The standard InChI is InChI=1S/C13H22N4O2S/c14-13-16-7-11(20-13)12(19)15-4-2-6-17-5-1-3-10(8-17)9-18/h7,10,18H,1-6,8-9H2,(H2,14,16)(H,15,19)/t10-/m1/s1. The Balaban J connectivity index is 1.62. The predicted molar refractivity (Wildman–Crippen MR) is 79.7 cm³/mol. The molecule has 1 aliphatic heterocycles. The number of nitrogens with zero attached hydrogens (tertiary/aromatic N) is 2. The number of aliphatic hydroxyl groups excluding tert-OH is 1. The number of aromatic nitrogens is 1. The number of nitrogens with two attached hydrogens (primary N) is 1. The number of rotatable bonds is 6. The largest absolute Gasteiger partial charge is 0.396 e. The SMILES string of the molecule is Nc1ncc(C(=O)NCCCN2CCC[C@@H](CO)C2)s1. The zero-order valence-electron chi connectivity index (χ0n) is 11.5. The molecule has 1 fully saturated rings. The van der Waals surface area contributed by atoms with Crippen LogP contribution >= 0.6 is 11.3 Å². The Kier molecular flexibility index (Phi) is 5.75. The molecule has 1 saturated heterocycles. The number of piperidine rings is 1. The highest BCUT2D eigenvalue weighted by molar-refractivity contribution is 7.17. The zero-order chi connectivity index (χ0) is 14.4. The predicted octanol–water partition coefficient (Wildman–Crippen LogP) is 0.549. The van der Waals surface area contributed by atoms with Crippen molar-refractivity contribution >= 4 is 22.4 Å². The van der Waals surface area contributed by atoms with Crippen molar-refractivity contribution in [3.05, 3.63) is 11.1 Å². The molecule has 0 saturated carbocycles. The quantitative estimate of drug-likeness (QED) is 0.667. The Morgan fingerprint density at radius 2 is 2.50 bits per heavy atom. The van der Waals surface area contributed by atoms with E-state index in [9.17, 15) is 9.90 Å². The van der Waals surface area contributed by atoms with Crippen LogP contribution < -0.4 is 11.1 Å². The molecule has 112 valence electrons. The Labute approximate surface area is 123 Å². The van der Waals surface area contributed by atoms with Gasteiger partial charge in [-0.3, -0.25) is 4.79 Å². The van der Waals surface area contributed by atoms with Gasteiger partial charge in [-0.05, 0) is 38.3 Å². The van der Waals surface area contributed by atoms with Crippen molar-refractivity contribution in [2.45, 2.75) is 19.3 Å². The van der Waals surface area contributed by atoms with Crippen molar-refractivity contribution in [2.75, 3.05) is 38.5 Å². The van der Waals surface area contributed by atoms with E-state index in [4.69, 9.17) is 5.73 Å². The molecule has 1 atom stereocenters. The number of likely N-dealkylation sites (tertiary alicyclic amines) is 1. The minimum Gasteiger partial charge on any atom is -0.396 e. The normalized spacial score (nSPS) is 19.9. The third kappa shape index (κ3) is 4.43. The molecule has 0 radical (unpaired) electrons. The molecule has 20 heavy (non-hydrogen) atoms. The Bertz CT molecular complexity index is 438. The van der Waals surface area contributed by atoms with Crippen LogP contribution in [0.1, 0.15) is 28.9 Å².